The largest absolute Gasteiger partial charge is 0.318 e. The lowest BCUT2D eigenvalue weighted by atomic mass is 9.86. The van der Waals surface area contributed by atoms with Gasteiger partial charge in [0.15, 0.2) is 6.20 Å². The van der Waals surface area contributed by atoms with E-state index >= 15 is 4.39 Å². The topological polar surface area (TPSA) is 17.6 Å². The molecule has 11 rings (SSSR count). The van der Waals surface area contributed by atoms with Crippen LogP contribution < -0.4 is 9.13 Å². The second-order valence-electron chi connectivity index (χ2n) is 16.1. The van der Waals surface area contributed by atoms with Crippen LogP contribution in [0, 0.1) is 18.6 Å². The molecule has 0 radical (unpaired) electrons. The molecule has 9 aromatic rings. The van der Waals surface area contributed by atoms with Gasteiger partial charge in [0.2, 0.25) is 11.5 Å². The van der Waals surface area contributed by atoms with Crippen molar-refractivity contribution < 1.29 is 17.9 Å². The standard InChI is InChI=1S/C49H38F2N4/c1-29-38-24-31(34-19-18-33(50)27-41(34)51)25-39(29)43-22-20-37-40-26-32(49(2,3)4)17-21-44(40)55-47-36-15-9-8-14-35(36)46(30-12-6-5-7-13-30)53(47)28-45(54(43)48(37)55)52-23-11-10-16-42(38)52/h5-27,45H,28H2,1-4H3/q+2. The van der Waals surface area contributed by atoms with Crippen molar-refractivity contribution >= 4 is 32.7 Å². The Labute approximate surface area is 317 Å². The van der Waals surface area contributed by atoms with E-state index in [1.54, 1.807) is 6.07 Å². The third kappa shape index (κ3) is 4.48. The maximum Gasteiger partial charge on any atom is 0.318 e. The van der Waals surface area contributed by atoms with Gasteiger partial charge < -0.3 is 0 Å². The molecule has 1 unspecified atom stereocenters. The average Bonchev–Trinajstić information content (AvgIpc) is 3.62. The minimum atomic E-state index is -0.589. The van der Waals surface area contributed by atoms with Crippen molar-refractivity contribution in [1.29, 1.82) is 0 Å². The van der Waals surface area contributed by atoms with Gasteiger partial charge in [-0.25, -0.2) is 8.78 Å². The third-order valence-corrected chi connectivity index (χ3v) is 12.0. The lowest BCUT2D eigenvalue weighted by Crippen LogP contribution is -2.61. The van der Waals surface area contributed by atoms with Gasteiger partial charge in [0.05, 0.1) is 16.6 Å². The van der Waals surface area contributed by atoms with Gasteiger partial charge >= 0.3 is 11.8 Å². The minimum Gasteiger partial charge on any atom is -0.296 e. The molecule has 0 N–H and O–H groups in total. The highest BCUT2D eigenvalue weighted by Crippen LogP contribution is 2.45. The molecule has 266 valence electrons. The van der Waals surface area contributed by atoms with Crippen molar-refractivity contribution in [3.63, 3.8) is 0 Å². The van der Waals surface area contributed by atoms with Crippen LogP contribution in [0.15, 0.2) is 140 Å². The molecule has 55 heavy (non-hydrogen) atoms. The van der Waals surface area contributed by atoms with Crippen LogP contribution in [0.5, 0.6) is 0 Å². The smallest absolute Gasteiger partial charge is 0.296 e. The van der Waals surface area contributed by atoms with Gasteiger partial charge in [-0.3, -0.25) is 4.57 Å². The fraction of sp³-hybridized carbons (Fsp3) is 0.143. The molecule has 0 aliphatic carbocycles. The predicted octanol–water partition coefficient (Wildman–Crippen LogP) is 11.2. The zero-order valence-corrected chi connectivity index (χ0v) is 31.1. The summed E-state index contributed by atoms with van der Waals surface area (Å²) >= 11 is 0. The van der Waals surface area contributed by atoms with E-state index < -0.39 is 11.6 Å². The van der Waals surface area contributed by atoms with Crippen LogP contribution in [0.1, 0.15) is 38.1 Å². The maximum atomic E-state index is 15.6. The van der Waals surface area contributed by atoms with E-state index in [9.17, 15) is 4.39 Å². The highest BCUT2D eigenvalue weighted by Gasteiger charge is 2.44. The maximum absolute atomic E-state index is 15.6. The number of hydrogen-bond acceptors (Lipinski definition) is 0. The second kappa shape index (κ2) is 11.3. The molecule has 0 spiro atoms. The minimum absolute atomic E-state index is 0.0370. The monoisotopic (exact) mass is 720 g/mol. The van der Waals surface area contributed by atoms with E-state index in [0.29, 0.717) is 17.7 Å². The summed E-state index contributed by atoms with van der Waals surface area (Å²) in [4.78, 5) is 0. The fourth-order valence-electron chi connectivity index (χ4n) is 9.40. The number of fused-ring (bicyclic) bond motifs is 13. The summed E-state index contributed by atoms with van der Waals surface area (Å²) in [5.41, 5.74) is 12.1. The van der Waals surface area contributed by atoms with E-state index in [-0.39, 0.29) is 11.6 Å². The van der Waals surface area contributed by atoms with Gasteiger partial charge in [0, 0.05) is 45.5 Å². The normalized spacial score (nSPS) is 14.5. The summed E-state index contributed by atoms with van der Waals surface area (Å²) in [6.45, 7) is 9.63. The summed E-state index contributed by atoms with van der Waals surface area (Å²) in [5.74, 6) is -0.0254. The SMILES string of the molecule is Cc1c2cc(-c3ccc(F)cc3F)cc1-c1ccc3c4cc(C(C)(C)C)ccc4n4c3[n+]1C(Cn1c(-c3ccccc3)c3ccccc3c1-4)[n+]1ccccc1-2. The first-order chi connectivity index (χ1) is 26.7. The molecule has 0 saturated heterocycles. The number of pyridine rings is 2. The van der Waals surface area contributed by atoms with E-state index in [4.69, 9.17) is 0 Å². The van der Waals surface area contributed by atoms with Crippen LogP contribution in [-0.4, -0.2) is 9.13 Å². The quantitative estimate of drug-likeness (QED) is 0.158. The zero-order valence-electron chi connectivity index (χ0n) is 31.1. The predicted molar refractivity (Wildman–Crippen MR) is 216 cm³/mol. The Morgan fingerprint density at radius 2 is 1.38 bits per heavy atom. The molecule has 4 nitrogen and oxygen atoms in total. The number of hydrogen-bond donors (Lipinski definition) is 0. The highest BCUT2D eigenvalue weighted by atomic mass is 19.1. The molecule has 0 fully saturated rings. The number of aromatic nitrogens is 4. The third-order valence-electron chi connectivity index (χ3n) is 12.0. The number of rotatable bonds is 2. The average molecular weight is 721 g/mol. The van der Waals surface area contributed by atoms with Crippen molar-refractivity contribution in [1.82, 2.24) is 9.13 Å². The molecule has 4 aromatic heterocycles. The molecule has 0 amide bonds. The molecule has 0 saturated carbocycles. The van der Waals surface area contributed by atoms with E-state index in [2.05, 4.69) is 167 Å². The molecule has 1 atom stereocenters. The summed E-state index contributed by atoms with van der Waals surface area (Å²) in [6, 6.07) is 45.5. The summed E-state index contributed by atoms with van der Waals surface area (Å²) < 4.78 is 39.8. The zero-order chi connectivity index (χ0) is 37.3. The van der Waals surface area contributed by atoms with Gasteiger partial charge in [-0.15, -0.1) is 0 Å². The Bertz CT molecular complexity index is 3090. The lowest BCUT2D eigenvalue weighted by molar-refractivity contribution is -0.926. The van der Waals surface area contributed by atoms with Gasteiger partial charge in [-0.1, -0.05) is 75.4 Å². The molecule has 6 heteroatoms. The Balaban J connectivity index is 1.35. The van der Waals surface area contributed by atoms with Crippen LogP contribution in [0.25, 0.3) is 83.4 Å². The molecule has 2 bridgehead atoms. The van der Waals surface area contributed by atoms with E-state index in [0.717, 1.165) is 51.1 Å². The van der Waals surface area contributed by atoms with Crippen molar-refractivity contribution in [2.24, 2.45) is 0 Å². The Hall–Kier alpha value is -6.40. The first kappa shape index (κ1) is 32.1. The van der Waals surface area contributed by atoms with E-state index in [1.807, 2.05) is 0 Å². The summed E-state index contributed by atoms with van der Waals surface area (Å²) in [5, 5.41) is 4.78. The fourth-order valence-corrected chi connectivity index (χ4v) is 9.40. The van der Waals surface area contributed by atoms with Crippen molar-refractivity contribution in [2.45, 2.75) is 45.8 Å². The van der Waals surface area contributed by atoms with Crippen LogP contribution in [0.4, 0.5) is 8.78 Å². The van der Waals surface area contributed by atoms with Crippen molar-refractivity contribution in [3.05, 3.63) is 162 Å². The molecule has 2 aliphatic rings. The summed E-state index contributed by atoms with van der Waals surface area (Å²) in [7, 11) is 0. The lowest BCUT2D eigenvalue weighted by Gasteiger charge is -2.23. The van der Waals surface area contributed by atoms with Crippen LogP contribution in [0.2, 0.25) is 0 Å². The van der Waals surface area contributed by atoms with Gasteiger partial charge in [0.25, 0.3) is 0 Å². The second-order valence-corrected chi connectivity index (χ2v) is 16.1. The number of benzene rings is 5. The van der Waals surface area contributed by atoms with Gasteiger partial charge in [0.1, 0.15) is 29.4 Å². The van der Waals surface area contributed by atoms with Gasteiger partial charge in [-0.05, 0) is 95.3 Å². The van der Waals surface area contributed by atoms with Crippen molar-refractivity contribution in [2.75, 3.05) is 0 Å². The highest BCUT2D eigenvalue weighted by molar-refractivity contribution is 6.10. The Kier molecular flexibility index (Phi) is 6.59. The number of nitrogens with zero attached hydrogens (tertiary/aromatic N) is 4. The molecular weight excluding hydrogens is 683 g/mol. The Morgan fingerprint density at radius 3 is 2.16 bits per heavy atom. The van der Waals surface area contributed by atoms with Crippen LogP contribution in [-0.2, 0) is 12.0 Å². The summed E-state index contributed by atoms with van der Waals surface area (Å²) in [6.07, 6.45) is 2.00. The molecule has 5 aromatic carbocycles. The van der Waals surface area contributed by atoms with Gasteiger partial charge in [-0.2, -0.15) is 13.7 Å². The number of halogens is 2. The Morgan fingerprint density at radius 1 is 0.636 bits per heavy atom. The van der Waals surface area contributed by atoms with Crippen molar-refractivity contribution in [3.8, 4) is 50.7 Å². The van der Waals surface area contributed by atoms with Crippen LogP contribution in [0.3, 0.4) is 0 Å². The molecule has 6 heterocycles. The first-order valence-corrected chi connectivity index (χ1v) is 19.0. The first-order valence-electron chi connectivity index (χ1n) is 19.0. The van der Waals surface area contributed by atoms with Crippen LogP contribution >= 0.6 is 0 Å². The van der Waals surface area contributed by atoms with E-state index in [1.165, 1.54) is 44.4 Å². The molecular formula is C49H38F2N4+2. The molecule has 2 aliphatic heterocycles.